The van der Waals surface area contributed by atoms with E-state index < -0.39 is 5.97 Å². The standard InChI is InChI=1S/C12H19N3O4/c1-8(16)13-9-4-5-14(6-9)12(19)15(7-11(17)18)10-2-3-10/h9-10H,2-7H2,1H3,(H,13,16)(H,17,18). The lowest BCUT2D eigenvalue weighted by atomic mass is 10.3. The van der Waals surface area contributed by atoms with Gasteiger partial charge in [-0.2, -0.15) is 0 Å². The Bertz CT molecular complexity index is 394. The molecule has 1 atom stereocenters. The fraction of sp³-hybridized carbons (Fsp3) is 0.750. The fourth-order valence-electron chi connectivity index (χ4n) is 2.41. The Hall–Kier alpha value is -1.79. The van der Waals surface area contributed by atoms with E-state index in [4.69, 9.17) is 5.11 Å². The van der Waals surface area contributed by atoms with Crippen LogP contribution in [0.4, 0.5) is 4.79 Å². The molecule has 2 N–H and O–H groups in total. The van der Waals surface area contributed by atoms with Gasteiger partial charge in [0, 0.05) is 32.1 Å². The monoisotopic (exact) mass is 269 g/mol. The van der Waals surface area contributed by atoms with E-state index in [-0.39, 0.29) is 30.6 Å². The van der Waals surface area contributed by atoms with Gasteiger partial charge < -0.3 is 20.2 Å². The van der Waals surface area contributed by atoms with Gasteiger partial charge in [0.1, 0.15) is 6.54 Å². The first-order valence-corrected chi connectivity index (χ1v) is 6.52. The Morgan fingerprint density at radius 2 is 2.00 bits per heavy atom. The van der Waals surface area contributed by atoms with Crippen LogP contribution in [0.2, 0.25) is 0 Å². The molecule has 3 amide bonds. The van der Waals surface area contributed by atoms with E-state index in [1.165, 1.54) is 11.8 Å². The average Bonchev–Trinajstić information content (AvgIpc) is 3.05. The lowest BCUT2D eigenvalue weighted by molar-refractivity contribution is -0.137. The Morgan fingerprint density at radius 1 is 1.32 bits per heavy atom. The molecule has 0 aromatic heterocycles. The molecule has 1 saturated carbocycles. The van der Waals surface area contributed by atoms with Gasteiger partial charge in [-0.05, 0) is 19.3 Å². The summed E-state index contributed by atoms with van der Waals surface area (Å²) in [6.07, 6.45) is 2.47. The lowest BCUT2D eigenvalue weighted by Crippen LogP contribution is -2.46. The Labute approximate surface area is 111 Å². The number of urea groups is 1. The average molecular weight is 269 g/mol. The predicted octanol–water partition coefficient (Wildman–Crippen LogP) is -0.134. The zero-order valence-corrected chi connectivity index (χ0v) is 11.0. The maximum absolute atomic E-state index is 12.3. The molecule has 1 aliphatic carbocycles. The maximum Gasteiger partial charge on any atom is 0.323 e. The van der Waals surface area contributed by atoms with Crippen molar-refractivity contribution in [3.8, 4) is 0 Å². The van der Waals surface area contributed by atoms with E-state index in [2.05, 4.69) is 5.32 Å². The van der Waals surface area contributed by atoms with E-state index in [1.807, 2.05) is 0 Å². The molecule has 2 aliphatic rings. The number of carbonyl (C=O) groups is 3. The molecule has 1 heterocycles. The van der Waals surface area contributed by atoms with Crippen molar-refractivity contribution in [3.05, 3.63) is 0 Å². The molecule has 0 aromatic rings. The number of carbonyl (C=O) groups excluding carboxylic acids is 2. The topological polar surface area (TPSA) is 90.0 Å². The molecule has 0 spiro atoms. The van der Waals surface area contributed by atoms with E-state index >= 15 is 0 Å². The lowest BCUT2D eigenvalue weighted by Gasteiger charge is -2.26. The van der Waals surface area contributed by atoms with Crippen LogP contribution in [0.1, 0.15) is 26.2 Å². The molecule has 0 aromatic carbocycles. The number of nitrogens with one attached hydrogen (secondary N) is 1. The van der Waals surface area contributed by atoms with Gasteiger partial charge in [-0.1, -0.05) is 0 Å². The normalized spacial score (nSPS) is 22.2. The van der Waals surface area contributed by atoms with Crippen LogP contribution >= 0.6 is 0 Å². The van der Waals surface area contributed by atoms with Crippen LogP contribution in [0.25, 0.3) is 0 Å². The van der Waals surface area contributed by atoms with Gasteiger partial charge in [0.05, 0.1) is 0 Å². The number of hydrogen-bond acceptors (Lipinski definition) is 3. The molecule has 2 rings (SSSR count). The smallest absolute Gasteiger partial charge is 0.323 e. The van der Waals surface area contributed by atoms with Crippen molar-refractivity contribution in [2.24, 2.45) is 0 Å². The zero-order chi connectivity index (χ0) is 14.0. The number of aliphatic carboxylic acids is 1. The molecule has 0 bridgehead atoms. The Morgan fingerprint density at radius 3 is 2.53 bits per heavy atom. The summed E-state index contributed by atoms with van der Waals surface area (Å²) in [5.41, 5.74) is 0. The van der Waals surface area contributed by atoms with Gasteiger partial charge in [0.2, 0.25) is 5.91 Å². The van der Waals surface area contributed by atoms with Gasteiger partial charge in [0.15, 0.2) is 0 Å². The molecule has 1 aliphatic heterocycles. The van der Waals surface area contributed by atoms with Gasteiger partial charge in [0.25, 0.3) is 0 Å². The summed E-state index contributed by atoms with van der Waals surface area (Å²) >= 11 is 0. The first-order valence-electron chi connectivity index (χ1n) is 6.52. The third-order valence-corrected chi connectivity index (χ3v) is 3.41. The predicted molar refractivity (Wildman–Crippen MR) is 66.6 cm³/mol. The van der Waals surface area contributed by atoms with Crippen LogP contribution < -0.4 is 5.32 Å². The number of carboxylic acids is 1. The van der Waals surface area contributed by atoms with Crippen molar-refractivity contribution >= 4 is 17.9 Å². The number of nitrogens with zero attached hydrogens (tertiary/aromatic N) is 2. The number of likely N-dealkylation sites (tertiary alicyclic amines) is 1. The molecule has 106 valence electrons. The third-order valence-electron chi connectivity index (χ3n) is 3.41. The number of carboxylic acid groups (broad SMARTS) is 1. The minimum atomic E-state index is -0.988. The molecular formula is C12H19N3O4. The van der Waals surface area contributed by atoms with Crippen LogP contribution in [-0.4, -0.2) is 64.5 Å². The van der Waals surface area contributed by atoms with Crippen LogP contribution in [0, 0.1) is 0 Å². The summed E-state index contributed by atoms with van der Waals surface area (Å²) in [5, 5.41) is 11.6. The molecule has 19 heavy (non-hydrogen) atoms. The van der Waals surface area contributed by atoms with E-state index in [0.29, 0.717) is 13.1 Å². The van der Waals surface area contributed by atoms with Gasteiger partial charge in [-0.15, -0.1) is 0 Å². The quantitative estimate of drug-likeness (QED) is 0.743. The largest absolute Gasteiger partial charge is 0.480 e. The van der Waals surface area contributed by atoms with Crippen molar-refractivity contribution < 1.29 is 19.5 Å². The minimum absolute atomic E-state index is 0.0210. The number of amides is 3. The van der Waals surface area contributed by atoms with Crippen molar-refractivity contribution in [2.45, 2.75) is 38.3 Å². The van der Waals surface area contributed by atoms with Crippen LogP contribution in [-0.2, 0) is 9.59 Å². The van der Waals surface area contributed by atoms with Gasteiger partial charge >= 0.3 is 12.0 Å². The molecule has 7 heteroatoms. The van der Waals surface area contributed by atoms with E-state index in [9.17, 15) is 14.4 Å². The zero-order valence-electron chi connectivity index (χ0n) is 11.0. The molecule has 2 fully saturated rings. The van der Waals surface area contributed by atoms with E-state index in [0.717, 1.165) is 19.3 Å². The Kier molecular flexibility index (Phi) is 3.92. The summed E-state index contributed by atoms with van der Waals surface area (Å²) in [6, 6.07) is -0.173. The summed E-state index contributed by atoms with van der Waals surface area (Å²) < 4.78 is 0. The minimum Gasteiger partial charge on any atom is -0.480 e. The fourth-order valence-corrected chi connectivity index (χ4v) is 2.41. The van der Waals surface area contributed by atoms with Crippen molar-refractivity contribution in [2.75, 3.05) is 19.6 Å². The van der Waals surface area contributed by atoms with Gasteiger partial charge in [-0.3, -0.25) is 9.59 Å². The third kappa shape index (κ3) is 3.59. The highest BCUT2D eigenvalue weighted by molar-refractivity contribution is 5.81. The van der Waals surface area contributed by atoms with Crippen LogP contribution in [0.5, 0.6) is 0 Å². The SMILES string of the molecule is CC(=O)NC1CCN(C(=O)N(CC(=O)O)C2CC2)C1. The van der Waals surface area contributed by atoms with Crippen molar-refractivity contribution in [1.82, 2.24) is 15.1 Å². The first-order chi connectivity index (χ1) is 8.97. The van der Waals surface area contributed by atoms with Crippen LogP contribution in [0.15, 0.2) is 0 Å². The Balaban J connectivity index is 1.91. The summed E-state index contributed by atoms with van der Waals surface area (Å²) in [4.78, 5) is 37.1. The molecule has 7 nitrogen and oxygen atoms in total. The summed E-state index contributed by atoms with van der Waals surface area (Å²) in [5.74, 6) is -1.10. The summed E-state index contributed by atoms with van der Waals surface area (Å²) in [6.45, 7) is 2.23. The van der Waals surface area contributed by atoms with E-state index in [1.54, 1.807) is 4.90 Å². The number of rotatable bonds is 4. The van der Waals surface area contributed by atoms with Crippen molar-refractivity contribution in [3.63, 3.8) is 0 Å². The second kappa shape index (κ2) is 5.46. The highest BCUT2D eigenvalue weighted by Crippen LogP contribution is 2.28. The number of hydrogen-bond donors (Lipinski definition) is 2. The molecule has 0 radical (unpaired) electrons. The van der Waals surface area contributed by atoms with Crippen LogP contribution in [0.3, 0.4) is 0 Å². The van der Waals surface area contributed by atoms with Crippen molar-refractivity contribution in [1.29, 1.82) is 0 Å². The van der Waals surface area contributed by atoms with Gasteiger partial charge in [-0.25, -0.2) is 4.79 Å². The highest BCUT2D eigenvalue weighted by Gasteiger charge is 2.38. The second-order valence-corrected chi connectivity index (χ2v) is 5.17. The second-order valence-electron chi connectivity index (χ2n) is 5.17. The maximum atomic E-state index is 12.3. The molecule has 1 saturated heterocycles. The summed E-state index contributed by atoms with van der Waals surface area (Å²) in [7, 11) is 0. The highest BCUT2D eigenvalue weighted by atomic mass is 16.4. The molecular weight excluding hydrogens is 250 g/mol. The first kappa shape index (κ1) is 13.6. The molecule has 1 unspecified atom stereocenters.